The molecule has 0 unspecified atom stereocenters. The van der Waals surface area contributed by atoms with E-state index in [-0.39, 0.29) is 11.5 Å². The van der Waals surface area contributed by atoms with Crippen LogP contribution < -0.4 is 5.56 Å². The van der Waals surface area contributed by atoms with Crippen LogP contribution in [-0.4, -0.2) is 32.9 Å². The second kappa shape index (κ2) is 8.19. The number of hydrogen-bond acceptors (Lipinski definition) is 3. The Morgan fingerprint density at radius 3 is 2.45 bits per heavy atom. The number of nitrogens with zero attached hydrogens (tertiary/aromatic N) is 3. The molecule has 0 bridgehead atoms. The highest BCUT2D eigenvalue weighted by Crippen LogP contribution is 2.24. The van der Waals surface area contributed by atoms with E-state index in [9.17, 15) is 9.59 Å². The predicted molar refractivity (Wildman–Crippen MR) is 116 cm³/mol. The van der Waals surface area contributed by atoms with E-state index >= 15 is 0 Å². The minimum absolute atomic E-state index is 0.0756. The average Bonchev–Trinajstić information content (AvgIpc) is 2.75. The van der Waals surface area contributed by atoms with Gasteiger partial charge in [-0.3, -0.25) is 14.2 Å². The zero-order valence-corrected chi connectivity index (χ0v) is 17.1. The van der Waals surface area contributed by atoms with E-state index in [1.54, 1.807) is 10.6 Å². The van der Waals surface area contributed by atoms with Gasteiger partial charge in [0.1, 0.15) is 5.82 Å². The van der Waals surface area contributed by atoms with Gasteiger partial charge in [0.15, 0.2) is 0 Å². The van der Waals surface area contributed by atoms with Crippen molar-refractivity contribution in [1.29, 1.82) is 0 Å². The quantitative estimate of drug-likeness (QED) is 0.661. The first kappa shape index (κ1) is 19.4. The Morgan fingerprint density at radius 1 is 1.07 bits per heavy atom. The van der Waals surface area contributed by atoms with Crippen molar-refractivity contribution < 1.29 is 4.79 Å². The van der Waals surface area contributed by atoms with Gasteiger partial charge < -0.3 is 4.90 Å². The normalized spacial score (nSPS) is 14.8. The summed E-state index contributed by atoms with van der Waals surface area (Å²) in [6, 6.07) is 15.0. The lowest BCUT2D eigenvalue weighted by molar-refractivity contribution is 0.0648. The summed E-state index contributed by atoms with van der Waals surface area (Å²) >= 11 is 0. The molecule has 29 heavy (non-hydrogen) atoms. The number of carbonyl (C=O) groups is 1. The first-order valence-electron chi connectivity index (χ1n) is 10.5. The lowest BCUT2D eigenvalue weighted by Crippen LogP contribution is -2.41. The van der Waals surface area contributed by atoms with Gasteiger partial charge in [-0.1, -0.05) is 31.4 Å². The zero-order valence-electron chi connectivity index (χ0n) is 17.1. The van der Waals surface area contributed by atoms with Crippen LogP contribution in [0.5, 0.6) is 0 Å². The van der Waals surface area contributed by atoms with Crippen LogP contribution in [0.2, 0.25) is 0 Å². The molecule has 5 heteroatoms. The van der Waals surface area contributed by atoms with Gasteiger partial charge in [0.25, 0.3) is 11.5 Å². The molecule has 0 spiro atoms. The average molecular weight is 389 g/mol. The van der Waals surface area contributed by atoms with Crippen molar-refractivity contribution in [3.63, 3.8) is 0 Å². The van der Waals surface area contributed by atoms with E-state index in [0.717, 1.165) is 25.1 Å². The minimum Gasteiger partial charge on any atom is -0.336 e. The largest absolute Gasteiger partial charge is 0.336 e. The molecule has 1 aliphatic rings. The highest BCUT2D eigenvalue weighted by molar-refractivity contribution is 5.94. The third-order valence-electron chi connectivity index (χ3n) is 5.93. The molecule has 0 aliphatic heterocycles. The van der Waals surface area contributed by atoms with Gasteiger partial charge in [-0.15, -0.1) is 0 Å². The maximum absolute atomic E-state index is 13.1. The fourth-order valence-electron chi connectivity index (χ4n) is 4.43. The molecule has 5 nitrogen and oxygen atoms in total. The molecule has 1 amide bonds. The third-order valence-corrected chi connectivity index (χ3v) is 5.93. The topological polar surface area (TPSA) is 55.2 Å². The summed E-state index contributed by atoms with van der Waals surface area (Å²) in [5, 5.41) is 0.590. The first-order valence-corrected chi connectivity index (χ1v) is 10.5. The molecule has 2 aromatic carbocycles. The van der Waals surface area contributed by atoms with Crippen LogP contribution in [-0.2, 0) is 0 Å². The Morgan fingerprint density at radius 2 is 1.76 bits per heavy atom. The van der Waals surface area contributed by atoms with Crippen molar-refractivity contribution in [2.45, 2.75) is 52.0 Å². The van der Waals surface area contributed by atoms with Crippen LogP contribution in [0.3, 0.4) is 0 Å². The number of rotatable bonds is 4. The van der Waals surface area contributed by atoms with Crippen molar-refractivity contribution >= 4 is 16.8 Å². The van der Waals surface area contributed by atoms with E-state index in [2.05, 4.69) is 4.98 Å². The number of aryl methyl sites for hydroxylation is 1. The zero-order chi connectivity index (χ0) is 20.4. The van der Waals surface area contributed by atoms with E-state index < -0.39 is 0 Å². The maximum Gasteiger partial charge on any atom is 0.265 e. The molecule has 1 heterocycles. The van der Waals surface area contributed by atoms with Crippen molar-refractivity contribution in [3.8, 4) is 5.69 Å². The van der Waals surface area contributed by atoms with E-state index in [1.807, 2.05) is 61.2 Å². The van der Waals surface area contributed by atoms with Crippen LogP contribution in [0.15, 0.2) is 53.3 Å². The van der Waals surface area contributed by atoms with Gasteiger partial charge in [-0.25, -0.2) is 4.98 Å². The number of aromatic nitrogens is 2. The Kier molecular flexibility index (Phi) is 5.47. The van der Waals surface area contributed by atoms with E-state index in [4.69, 9.17) is 0 Å². The number of benzene rings is 2. The second-order valence-electron chi connectivity index (χ2n) is 7.75. The van der Waals surface area contributed by atoms with Crippen molar-refractivity contribution in [2.24, 2.45) is 0 Å². The van der Waals surface area contributed by atoms with E-state index in [1.165, 1.54) is 19.3 Å². The smallest absolute Gasteiger partial charge is 0.265 e. The Hall–Kier alpha value is -2.95. The van der Waals surface area contributed by atoms with Gasteiger partial charge >= 0.3 is 0 Å². The summed E-state index contributed by atoms with van der Waals surface area (Å²) in [4.78, 5) is 32.6. The second-order valence-corrected chi connectivity index (χ2v) is 7.75. The van der Waals surface area contributed by atoms with E-state index in [0.29, 0.717) is 28.3 Å². The number of fused-ring (bicyclic) bond motifs is 1. The summed E-state index contributed by atoms with van der Waals surface area (Å²) in [5.41, 5.74) is 2.00. The molecule has 150 valence electrons. The Labute approximate surface area is 171 Å². The first-order chi connectivity index (χ1) is 14.1. The Balaban J connectivity index is 1.65. The van der Waals surface area contributed by atoms with Gasteiger partial charge in [-0.05, 0) is 63.1 Å². The summed E-state index contributed by atoms with van der Waals surface area (Å²) in [5.74, 6) is 0.705. The monoisotopic (exact) mass is 389 g/mol. The summed E-state index contributed by atoms with van der Waals surface area (Å²) < 4.78 is 1.61. The third kappa shape index (κ3) is 3.69. The highest BCUT2D eigenvalue weighted by Gasteiger charge is 2.25. The number of amides is 1. The molecule has 0 atom stereocenters. The van der Waals surface area contributed by atoms with Gasteiger partial charge in [0.05, 0.1) is 16.6 Å². The fraction of sp³-hybridized carbons (Fsp3) is 0.375. The molecular formula is C24H27N3O2. The van der Waals surface area contributed by atoms with Crippen LogP contribution in [0.4, 0.5) is 0 Å². The molecule has 1 aliphatic carbocycles. The Bertz CT molecular complexity index is 1080. The molecule has 0 saturated heterocycles. The molecule has 0 radical (unpaired) electrons. The molecule has 1 saturated carbocycles. The molecule has 0 N–H and O–H groups in total. The van der Waals surface area contributed by atoms with Crippen LogP contribution in [0.1, 0.15) is 55.2 Å². The predicted octanol–water partition coefficient (Wildman–Crippen LogP) is 4.49. The van der Waals surface area contributed by atoms with Crippen molar-refractivity contribution in [1.82, 2.24) is 14.5 Å². The maximum atomic E-state index is 13.1. The minimum atomic E-state index is -0.0930. The molecule has 4 rings (SSSR count). The van der Waals surface area contributed by atoms with Gasteiger partial charge in [0.2, 0.25) is 0 Å². The van der Waals surface area contributed by atoms with Gasteiger partial charge in [-0.2, -0.15) is 0 Å². The van der Waals surface area contributed by atoms with Crippen LogP contribution >= 0.6 is 0 Å². The van der Waals surface area contributed by atoms with Crippen LogP contribution in [0.25, 0.3) is 16.6 Å². The van der Waals surface area contributed by atoms with Gasteiger partial charge in [0, 0.05) is 18.2 Å². The van der Waals surface area contributed by atoms with Crippen molar-refractivity contribution in [3.05, 3.63) is 70.3 Å². The van der Waals surface area contributed by atoms with Crippen molar-refractivity contribution in [2.75, 3.05) is 6.54 Å². The molecular weight excluding hydrogens is 362 g/mol. The molecule has 3 aromatic rings. The molecule has 1 fully saturated rings. The number of hydrogen-bond donors (Lipinski definition) is 0. The SMILES string of the molecule is CCN(C(=O)c1ccc(-n2c(C)nc3ccccc3c2=O)cc1)C1CCCCC1. The highest BCUT2D eigenvalue weighted by atomic mass is 16.2. The lowest BCUT2D eigenvalue weighted by Gasteiger charge is -2.33. The molecule has 1 aromatic heterocycles. The fourth-order valence-corrected chi connectivity index (χ4v) is 4.43. The number of carbonyl (C=O) groups excluding carboxylic acids is 1. The summed E-state index contributed by atoms with van der Waals surface area (Å²) in [6.45, 7) is 4.59. The number of para-hydroxylation sites is 1. The standard InChI is InChI=1S/C24H27N3O2/c1-3-26(19-9-5-4-6-10-19)23(28)18-13-15-20(16-14-18)27-17(2)25-22-12-8-7-11-21(22)24(27)29/h7-8,11-16,19H,3-6,9-10H2,1-2H3. The summed E-state index contributed by atoms with van der Waals surface area (Å²) in [7, 11) is 0. The van der Waals surface area contributed by atoms with Crippen LogP contribution in [0, 0.1) is 6.92 Å². The lowest BCUT2D eigenvalue weighted by atomic mass is 9.93. The summed E-state index contributed by atoms with van der Waals surface area (Å²) in [6.07, 6.45) is 5.85.